The first-order chi connectivity index (χ1) is 5.57. The summed E-state index contributed by atoms with van der Waals surface area (Å²) in [5.41, 5.74) is -0.0585. The van der Waals surface area contributed by atoms with E-state index >= 15 is 0 Å². The third-order valence-electron chi connectivity index (χ3n) is 1.86. The smallest absolute Gasteiger partial charge is 0.261 e. The number of aliphatic hydroxyl groups excluding tert-OH is 1. The van der Waals surface area contributed by atoms with Gasteiger partial charge in [0.2, 0.25) is 0 Å². The first kappa shape index (κ1) is 8.77. The van der Waals surface area contributed by atoms with Crippen LogP contribution in [0.15, 0.2) is 11.3 Å². The Hall–Kier alpha value is -1.32. The van der Waals surface area contributed by atoms with Crippen LogP contribution in [0.2, 0.25) is 0 Å². The standard InChI is InChI=1S/C8H11NO3/c1-3-9-4-6(11)7(5(2)10)8(9)12/h11H,3-4H2,1-2H3. The first-order valence-electron chi connectivity index (χ1n) is 3.80. The normalized spacial score (nSPS) is 17.5. The molecule has 1 rings (SSSR count). The van der Waals surface area contributed by atoms with E-state index in [1.165, 1.54) is 11.8 Å². The average Bonchev–Trinajstić information content (AvgIpc) is 2.25. The number of aliphatic hydroxyl groups is 1. The van der Waals surface area contributed by atoms with Crippen LogP contribution in [-0.4, -0.2) is 34.8 Å². The van der Waals surface area contributed by atoms with Crippen LogP contribution < -0.4 is 0 Å². The molecule has 0 spiro atoms. The minimum atomic E-state index is -0.367. The predicted molar refractivity (Wildman–Crippen MR) is 42.6 cm³/mol. The predicted octanol–water partition coefficient (Wildman–Crippen LogP) is 0.250. The molecular weight excluding hydrogens is 158 g/mol. The fourth-order valence-corrected chi connectivity index (χ4v) is 1.22. The minimum Gasteiger partial charge on any atom is -0.509 e. The lowest BCUT2D eigenvalue weighted by atomic mass is 10.2. The molecule has 4 heteroatoms. The van der Waals surface area contributed by atoms with E-state index in [2.05, 4.69) is 0 Å². The number of ketones is 1. The molecule has 0 fully saturated rings. The molecule has 0 aromatic carbocycles. The minimum absolute atomic E-state index is 0.0585. The molecule has 0 radical (unpaired) electrons. The Balaban J connectivity index is 2.93. The molecule has 12 heavy (non-hydrogen) atoms. The van der Waals surface area contributed by atoms with E-state index < -0.39 is 0 Å². The second-order valence-corrected chi connectivity index (χ2v) is 2.70. The molecular formula is C8H11NO3. The number of carbonyl (C=O) groups excluding carboxylic acids is 2. The number of hydrogen-bond donors (Lipinski definition) is 1. The van der Waals surface area contributed by atoms with Gasteiger partial charge in [-0.1, -0.05) is 0 Å². The van der Waals surface area contributed by atoms with Crippen molar-refractivity contribution in [3.63, 3.8) is 0 Å². The highest BCUT2D eigenvalue weighted by Crippen LogP contribution is 2.16. The molecule has 0 unspecified atom stereocenters. The first-order valence-corrected chi connectivity index (χ1v) is 3.80. The number of carbonyl (C=O) groups is 2. The Morgan fingerprint density at radius 3 is 2.50 bits per heavy atom. The SMILES string of the molecule is CCN1CC(O)=C(C(C)=O)C1=O. The van der Waals surface area contributed by atoms with E-state index in [9.17, 15) is 14.7 Å². The number of rotatable bonds is 2. The third-order valence-corrected chi connectivity index (χ3v) is 1.86. The molecule has 0 aliphatic carbocycles. The zero-order valence-electron chi connectivity index (χ0n) is 7.13. The van der Waals surface area contributed by atoms with Crippen LogP contribution in [0.5, 0.6) is 0 Å². The Morgan fingerprint density at radius 1 is 1.67 bits per heavy atom. The summed E-state index contributed by atoms with van der Waals surface area (Å²) in [5.74, 6) is -0.828. The Labute approximate surface area is 70.5 Å². The second-order valence-electron chi connectivity index (χ2n) is 2.70. The molecule has 1 aliphatic heterocycles. The van der Waals surface area contributed by atoms with Crippen molar-refractivity contribution in [3.05, 3.63) is 11.3 Å². The lowest BCUT2D eigenvalue weighted by Gasteiger charge is -2.11. The van der Waals surface area contributed by atoms with Gasteiger partial charge in [0.15, 0.2) is 5.78 Å². The van der Waals surface area contributed by atoms with Gasteiger partial charge in [0.1, 0.15) is 11.3 Å². The van der Waals surface area contributed by atoms with Crippen molar-refractivity contribution in [1.29, 1.82) is 0 Å². The van der Waals surface area contributed by atoms with Gasteiger partial charge in [0.05, 0.1) is 6.54 Å². The third kappa shape index (κ3) is 1.20. The van der Waals surface area contributed by atoms with Crippen molar-refractivity contribution in [3.8, 4) is 0 Å². The van der Waals surface area contributed by atoms with Gasteiger partial charge in [-0.25, -0.2) is 0 Å². The molecule has 0 aromatic rings. The van der Waals surface area contributed by atoms with Crippen LogP contribution in [0.25, 0.3) is 0 Å². The van der Waals surface area contributed by atoms with Gasteiger partial charge >= 0.3 is 0 Å². The summed E-state index contributed by atoms with van der Waals surface area (Å²) in [6.45, 7) is 3.76. The van der Waals surface area contributed by atoms with Crippen molar-refractivity contribution in [1.82, 2.24) is 4.90 Å². The van der Waals surface area contributed by atoms with Gasteiger partial charge in [0.25, 0.3) is 5.91 Å². The second kappa shape index (κ2) is 2.97. The fourth-order valence-electron chi connectivity index (χ4n) is 1.22. The number of nitrogens with zero attached hydrogens (tertiary/aromatic N) is 1. The monoisotopic (exact) mass is 169 g/mol. The summed E-state index contributed by atoms with van der Waals surface area (Å²) in [5, 5.41) is 9.23. The van der Waals surface area contributed by atoms with Crippen LogP contribution in [0.3, 0.4) is 0 Å². The van der Waals surface area contributed by atoms with E-state index in [4.69, 9.17) is 0 Å². The van der Waals surface area contributed by atoms with Gasteiger partial charge < -0.3 is 10.0 Å². The molecule has 0 saturated carbocycles. The van der Waals surface area contributed by atoms with Crippen molar-refractivity contribution in [2.45, 2.75) is 13.8 Å². The van der Waals surface area contributed by atoms with E-state index in [1.807, 2.05) is 0 Å². The molecule has 4 nitrogen and oxygen atoms in total. The fraction of sp³-hybridized carbons (Fsp3) is 0.500. The van der Waals surface area contributed by atoms with E-state index in [0.717, 1.165) is 0 Å². The van der Waals surface area contributed by atoms with Crippen LogP contribution >= 0.6 is 0 Å². The maximum absolute atomic E-state index is 11.3. The highest BCUT2D eigenvalue weighted by molar-refractivity contribution is 6.20. The number of hydrogen-bond acceptors (Lipinski definition) is 3. The Kier molecular flexibility index (Phi) is 2.17. The van der Waals surface area contributed by atoms with Crippen molar-refractivity contribution < 1.29 is 14.7 Å². The quantitative estimate of drug-likeness (QED) is 0.603. The van der Waals surface area contributed by atoms with E-state index in [0.29, 0.717) is 6.54 Å². The van der Waals surface area contributed by atoms with Crippen LogP contribution in [0.1, 0.15) is 13.8 Å². The maximum atomic E-state index is 11.3. The molecule has 1 heterocycles. The molecule has 0 aromatic heterocycles. The largest absolute Gasteiger partial charge is 0.509 e. The van der Waals surface area contributed by atoms with Crippen molar-refractivity contribution in [2.75, 3.05) is 13.1 Å². The average molecular weight is 169 g/mol. The summed E-state index contributed by atoms with van der Waals surface area (Å²) >= 11 is 0. The van der Waals surface area contributed by atoms with Gasteiger partial charge in [-0.05, 0) is 13.8 Å². The van der Waals surface area contributed by atoms with Crippen LogP contribution in [0.4, 0.5) is 0 Å². The Morgan fingerprint density at radius 2 is 2.25 bits per heavy atom. The lowest BCUT2D eigenvalue weighted by Crippen LogP contribution is -2.27. The van der Waals surface area contributed by atoms with Gasteiger partial charge in [-0.15, -0.1) is 0 Å². The van der Waals surface area contributed by atoms with Gasteiger partial charge in [-0.2, -0.15) is 0 Å². The maximum Gasteiger partial charge on any atom is 0.261 e. The number of likely N-dealkylation sites (N-methyl/N-ethyl adjacent to an activating group) is 1. The molecule has 1 N–H and O–H groups in total. The summed E-state index contributed by atoms with van der Waals surface area (Å²) in [6, 6.07) is 0. The molecule has 0 saturated heterocycles. The number of Topliss-reactive ketones (excluding diaryl/α,β-unsaturated/α-hetero) is 1. The lowest BCUT2D eigenvalue weighted by molar-refractivity contribution is -0.127. The summed E-state index contributed by atoms with van der Waals surface area (Å²) in [7, 11) is 0. The molecule has 1 aliphatic rings. The van der Waals surface area contributed by atoms with Crippen molar-refractivity contribution in [2.24, 2.45) is 0 Å². The zero-order chi connectivity index (χ0) is 9.30. The van der Waals surface area contributed by atoms with Crippen molar-refractivity contribution >= 4 is 11.7 Å². The zero-order valence-corrected chi connectivity index (χ0v) is 7.13. The highest BCUT2D eigenvalue weighted by Gasteiger charge is 2.31. The summed E-state index contributed by atoms with van der Waals surface area (Å²) in [4.78, 5) is 23.6. The highest BCUT2D eigenvalue weighted by atomic mass is 16.3. The van der Waals surface area contributed by atoms with Gasteiger partial charge in [0, 0.05) is 6.54 Å². The van der Waals surface area contributed by atoms with Gasteiger partial charge in [-0.3, -0.25) is 9.59 Å². The number of amides is 1. The summed E-state index contributed by atoms with van der Waals surface area (Å²) < 4.78 is 0. The topological polar surface area (TPSA) is 57.6 Å². The molecule has 0 atom stereocenters. The molecule has 0 bridgehead atoms. The van der Waals surface area contributed by atoms with E-state index in [-0.39, 0.29) is 29.6 Å². The van der Waals surface area contributed by atoms with Crippen LogP contribution in [0, 0.1) is 0 Å². The molecule has 66 valence electrons. The summed E-state index contributed by atoms with van der Waals surface area (Å²) in [6.07, 6.45) is 0. The van der Waals surface area contributed by atoms with Crippen LogP contribution in [-0.2, 0) is 9.59 Å². The van der Waals surface area contributed by atoms with E-state index in [1.54, 1.807) is 6.92 Å². The molecule has 1 amide bonds. The Bertz CT molecular complexity index is 267.